The largest absolute Gasteiger partial charge is 0.204 e. The minimum absolute atomic E-state index is 0.185. The molecule has 0 saturated carbocycles. The van der Waals surface area contributed by atoms with Crippen molar-refractivity contribution in [3.63, 3.8) is 0 Å². The highest BCUT2D eigenvalue weighted by Gasteiger charge is 2.21. The number of aryl methyl sites for hydroxylation is 1. The van der Waals surface area contributed by atoms with Crippen molar-refractivity contribution in [3.05, 3.63) is 46.8 Å². The molecule has 0 fully saturated rings. The summed E-state index contributed by atoms with van der Waals surface area (Å²) in [5.41, 5.74) is -0.257. The van der Waals surface area contributed by atoms with Gasteiger partial charge in [-0.05, 0) is 23.9 Å². The van der Waals surface area contributed by atoms with Crippen molar-refractivity contribution in [2.24, 2.45) is 0 Å². The van der Waals surface area contributed by atoms with Crippen LogP contribution in [0.15, 0.2) is 12.1 Å². The predicted octanol–water partition coefficient (Wildman–Crippen LogP) is 3.84. The molecule has 0 unspecified atom stereocenters. The number of benzene rings is 2. The van der Waals surface area contributed by atoms with Crippen LogP contribution in [0.1, 0.15) is 5.56 Å². The van der Waals surface area contributed by atoms with Gasteiger partial charge in [0.1, 0.15) is 0 Å². The van der Waals surface area contributed by atoms with E-state index >= 15 is 0 Å². The van der Waals surface area contributed by atoms with Crippen molar-refractivity contribution in [1.82, 2.24) is 0 Å². The second-order valence-electron chi connectivity index (χ2n) is 3.35. The fraction of sp³-hybridized carbons (Fsp3) is 0.0909. The van der Waals surface area contributed by atoms with Crippen molar-refractivity contribution in [1.29, 1.82) is 0 Å². The summed E-state index contributed by atoms with van der Waals surface area (Å²) in [4.78, 5) is 0. The normalized spacial score (nSPS) is 11.1. The summed E-state index contributed by atoms with van der Waals surface area (Å²) in [6, 6.07) is 1.75. The van der Waals surface area contributed by atoms with Gasteiger partial charge in [-0.3, -0.25) is 0 Å². The maximum Gasteiger partial charge on any atom is 0.195 e. The van der Waals surface area contributed by atoms with E-state index in [2.05, 4.69) is 0 Å². The Morgan fingerprint density at radius 3 is 2.00 bits per heavy atom. The van der Waals surface area contributed by atoms with Crippen LogP contribution in [0, 0.1) is 36.0 Å². The van der Waals surface area contributed by atoms with Crippen LogP contribution in [0.2, 0.25) is 0 Å². The van der Waals surface area contributed by atoms with E-state index in [1.807, 2.05) is 0 Å². The lowest BCUT2D eigenvalue weighted by atomic mass is 10.0. The van der Waals surface area contributed by atoms with Gasteiger partial charge in [-0.2, -0.15) is 0 Å². The van der Waals surface area contributed by atoms with Gasteiger partial charge in [0, 0.05) is 0 Å². The average molecular weight is 232 g/mol. The molecule has 0 bridgehead atoms. The molecule has 0 aliphatic rings. The van der Waals surface area contributed by atoms with E-state index in [1.54, 1.807) is 0 Å². The Balaban J connectivity index is 3.09. The molecule has 2 rings (SSSR count). The van der Waals surface area contributed by atoms with Crippen LogP contribution in [0.5, 0.6) is 0 Å². The average Bonchev–Trinajstić information content (AvgIpc) is 2.27. The topological polar surface area (TPSA) is 0 Å². The molecule has 0 spiro atoms. The highest BCUT2D eigenvalue weighted by Crippen LogP contribution is 2.30. The van der Waals surface area contributed by atoms with Crippen molar-refractivity contribution < 1.29 is 22.0 Å². The number of hydrogen-bond donors (Lipinski definition) is 0. The maximum absolute atomic E-state index is 13.3. The Labute approximate surface area is 87.3 Å². The van der Waals surface area contributed by atoms with Crippen LogP contribution >= 0.6 is 0 Å². The molecule has 16 heavy (non-hydrogen) atoms. The fourth-order valence-corrected chi connectivity index (χ4v) is 1.57. The van der Waals surface area contributed by atoms with E-state index in [0.29, 0.717) is 0 Å². The first kappa shape index (κ1) is 10.9. The summed E-state index contributed by atoms with van der Waals surface area (Å²) in [7, 11) is 0. The van der Waals surface area contributed by atoms with Crippen molar-refractivity contribution in [2.75, 3.05) is 0 Å². The van der Waals surface area contributed by atoms with E-state index in [1.165, 1.54) is 0 Å². The smallest absolute Gasteiger partial charge is 0.195 e. The molecule has 0 nitrogen and oxygen atoms in total. The zero-order valence-corrected chi connectivity index (χ0v) is 8.04. The quantitative estimate of drug-likeness (QED) is 0.478. The van der Waals surface area contributed by atoms with Crippen molar-refractivity contribution in [2.45, 2.75) is 6.92 Å². The van der Waals surface area contributed by atoms with Crippen molar-refractivity contribution in [3.8, 4) is 0 Å². The summed E-state index contributed by atoms with van der Waals surface area (Å²) in [6.45, 7) is 1.16. The molecule has 84 valence electrons. The third-order valence-electron chi connectivity index (χ3n) is 2.43. The lowest BCUT2D eigenvalue weighted by molar-refractivity contribution is 0.445. The highest BCUT2D eigenvalue weighted by atomic mass is 19.2. The maximum atomic E-state index is 13.3. The van der Waals surface area contributed by atoms with Crippen LogP contribution in [-0.2, 0) is 0 Å². The highest BCUT2D eigenvalue weighted by molar-refractivity contribution is 5.87. The lowest BCUT2D eigenvalue weighted by Crippen LogP contribution is -2.00. The number of rotatable bonds is 0. The van der Waals surface area contributed by atoms with Gasteiger partial charge in [0.2, 0.25) is 0 Å². The minimum Gasteiger partial charge on any atom is -0.204 e. The molecule has 0 amide bonds. The minimum atomic E-state index is -1.80. The molecule has 0 radical (unpaired) electrons. The van der Waals surface area contributed by atoms with E-state index in [0.717, 1.165) is 19.1 Å². The van der Waals surface area contributed by atoms with Crippen LogP contribution in [-0.4, -0.2) is 0 Å². The molecular formula is C11H5F5. The van der Waals surface area contributed by atoms with E-state index in [-0.39, 0.29) is 10.9 Å². The number of halogens is 5. The second-order valence-corrected chi connectivity index (χ2v) is 3.35. The molecule has 5 heteroatoms. The molecule has 0 heterocycles. The van der Waals surface area contributed by atoms with Crippen LogP contribution in [0.25, 0.3) is 10.8 Å². The molecule has 0 N–H and O–H groups in total. The van der Waals surface area contributed by atoms with Gasteiger partial charge in [-0.15, -0.1) is 0 Å². The van der Waals surface area contributed by atoms with Gasteiger partial charge in [-0.25, -0.2) is 22.0 Å². The Bertz CT molecular complexity index is 589. The summed E-state index contributed by atoms with van der Waals surface area (Å²) < 4.78 is 65.5. The zero-order chi connectivity index (χ0) is 12.0. The second kappa shape index (κ2) is 3.43. The molecule has 0 aliphatic heterocycles. The molecule has 0 aromatic heterocycles. The third-order valence-corrected chi connectivity index (χ3v) is 2.43. The summed E-state index contributed by atoms with van der Waals surface area (Å²) in [5.74, 6) is -7.73. The summed E-state index contributed by atoms with van der Waals surface area (Å²) in [6.07, 6.45) is 0. The van der Waals surface area contributed by atoms with Crippen LogP contribution in [0.3, 0.4) is 0 Å². The molecule has 0 atom stereocenters. The van der Waals surface area contributed by atoms with Gasteiger partial charge in [0.25, 0.3) is 0 Å². The van der Waals surface area contributed by atoms with Gasteiger partial charge in [0.15, 0.2) is 29.1 Å². The molecule has 0 saturated heterocycles. The number of fused-ring (bicyclic) bond motifs is 1. The molecule has 2 aromatic carbocycles. The third kappa shape index (κ3) is 1.27. The Kier molecular flexibility index (Phi) is 2.33. The first-order chi connectivity index (χ1) is 7.45. The Morgan fingerprint density at radius 2 is 1.38 bits per heavy atom. The van der Waals surface area contributed by atoms with Crippen LogP contribution < -0.4 is 0 Å². The van der Waals surface area contributed by atoms with Gasteiger partial charge in [0.05, 0.1) is 5.39 Å². The molecule has 2 aromatic rings. The first-order valence-corrected chi connectivity index (χ1v) is 4.36. The van der Waals surface area contributed by atoms with Gasteiger partial charge in [-0.1, -0.05) is 6.07 Å². The van der Waals surface area contributed by atoms with Crippen LogP contribution in [0.4, 0.5) is 22.0 Å². The zero-order valence-electron chi connectivity index (χ0n) is 8.04. The van der Waals surface area contributed by atoms with Crippen molar-refractivity contribution >= 4 is 10.8 Å². The monoisotopic (exact) mass is 232 g/mol. The molecule has 0 aliphatic carbocycles. The standard InChI is InChI=1S/C11H5F5/c1-4-5-2-3-6(12)9(14)7(5)10(15)11(16)8(4)13/h2-3H,1H3. The van der Waals surface area contributed by atoms with Gasteiger partial charge < -0.3 is 0 Å². The van der Waals surface area contributed by atoms with E-state index < -0.39 is 34.5 Å². The summed E-state index contributed by atoms with van der Waals surface area (Å²) >= 11 is 0. The SMILES string of the molecule is Cc1c(F)c(F)c(F)c2c(F)c(F)ccc12. The lowest BCUT2D eigenvalue weighted by Gasteiger charge is -2.07. The number of hydrogen-bond acceptors (Lipinski definition) is 0. The first-order valence-electron chi connectivity index (χ1n) is 4.36. The fourth-order valence-electron chi connectivity index (χ4n) is 1.57. The summed E-state index contributed by atoms with van der Waals surface area (Å²) in [5, 5.41) is -1.05. The Hall–Kier alpha value is -1.65. The van der Waals surface area contributed by atoms with Gasteiger partial charge >= 0.3 is 0 Å². The Morgan fingerprint density at radius 1 is 0.750 bits per heavy atom. The van der Waals surface area contributed by atoms with E-state index in [4.69, 9.17) is 0 Å². The van der Waals surface area contributed by atoms with E-state index in [9.17, 15) is 22.0 Å². The predicted molar refractivity (Wildman–Crippen MR) is 48.5 cm³/mol. The molecular weight excluding hydrogens is 227 g/mol.